The molecule has 0 radical (unpaired) electrons. The monoisotopic (exact) mass is 272 g/mol. The summed E-state index contributed by atoms with van der Waals surface area (Å²) in [6.45, 7) is -0.546. The molecule has 0 bridgehead atoms. The second-order valence-corrected chi connectivity index (χ2v) is 3.66. The Kier molecular flexibility index (Phi) is 4.06. The lowest BCUT2D eigenvalue weighted by molar-refractivity contribution is 0.0967. The van der Waals surface area contributed by atoms with Crippen LogP contribution >= 0.6 is 0 Å². The van der Waals surface area contributed by atoms with Gasteiger partial charge in [0.25, 0.3) is 0 Å². The minimum atomic E-state index is -0.854. The fraction of sp³-hybridized carbons (Fsp3) is 0.167. The van der Waals surface area contributed by atoms with Gasteiger partial charge in [-0.05, 0) is 0 Å². The van der Waals surface area contributed by atoms with Crippen LogP contribution in [0.1, 0.15) is 11.4 Å². The molecule has 19 heavy (non-hydrogen) atoms. The van der Waals surface area contributed by atoms with E-state index in [2.05, 4.69) is 9.97 Å². The molecular weight excluding hydrogens is 264 g/mol. The molecule has 0 saturated carbocycles. The van der Waals surface area contributed by atoms with E-state index in [1.165, 1.54) is 0 Å². The van der Waals surface area contributed by atoms with E-state index < -0.39 is 23.3 Å². The van der Waals surface area contributed by atoms with Gasteiger partial charge in [-0.2, -0.15) is 0 Å². The highest BCUT2D eigenvalue weighted by molar-refractivity contribution is 5.09. The molecule has 2 aromatic heterocycles. The summed E-state index contributed by atoms with van der Waals surface area (Å²) in [7, 11) is 0. The standard InChI is InChI=1S/C12H8F4N2O/c13-7-1-9(15)11(17-3-7)5-19-6-12-10(16)2-8(14)4-18-12/h1-4H,5-6H2. The fourth-order valence-corrected chi connectivity index (χ4v) is 1.34. The molecule has 0 atom stereocenters. The molecule has 0 amide bonds. The average Bonchev–Trinajstić information content (AvgIpc) is 2.34. The lowest BCUT2D eigenvalue weighted by Gasteiger charge is -2.05. The molecule has 0 saturated heterocycles. The highest BCUT2D eigenvalue weighted by Gasteiger charge is 2.08. The first-order valence-electron chi connectivity index (χ1n) is 5.24. The molecule has 0 aliphatic rings. The molecule has 2 rings (SSSR count). The molecule has 0 N–H and O–H groups in total. The Bertz CT molecular complexity index is 540. The summed E-state index contributed by atoms with van der Waals surface area (Å²) in [5.74, 6) is -3.31. The van der Waals surface area contributed by atoms with Crippen LogP contribution in [0.2, 0.25) is 0 Å². The van der Waals surface area contributed by atoms with Crippen LogP contribution in [0.15, 0.2) is 24.5 Å². The molecule has 100 valence electrons. The number of hydrogen-bond acceptors (Lipinski definition) is 3. The van der Waals surface area contributed by atoms with Gasteiger partial charge < -0.3 is 4.74 Å². The maximum atomic E-state index is 13.2. The van der Waals surface area contributed by atoms with Gasteiger partial charge in [0, 0.05) is 12.1 Å². The second kappa shape index (κ2) is 5.75. The summed E-state index contributed by atoms with van der Waals surface area (Å²) in [6, 6.07) is 1.34. The van der Waals surface area contributed by atoms with Gasteiger partial charge in [-0.25, -0.2) is 17.6 Å². The van der Waals surface area contributed by atoms with Crippen LogP contribution in [0.3, 0.4) is 0 Å². The Morgan fingerprint density at radius 3 is 1.58 bits per heavy atom. The summed E-state index contributed by atoms with van der Waals surface area (Å²) < 4.78 is 56.5. The van der Waals surface area contributed by atoms with Gasteiger partial charge in [-0.15, -0.1) is 0 Å². The predicted octanol–water partition coefficient (Wildman–Crippen LogP) is 2.75. The number of nitrogens with zero attached hydrogens (tertiary/aromatic N) is 2. The zero-order valence-electron chi connectivity index (χ0n) is 9.54. The normalized spacial score (nSPS) is 10.7. The van der Waals surface area contributed by atoms with Crippen molar-refractivity contribution < 1.29 is 22.3 Å². The zero-order chi connectivity index (χ0) is 13.8. The molecular formula is C12H8F4N2O. The van der Waals surface area contributed by atoms with Crippen LogP contribution < -0.4 is 0 Å². The van der Waals surface area contributed by atoms with Gasteiger partial charge in [-0.3, -0.25) is 9.97 Å². The molecule has 7 heteroatoms. The molecule has 0 spiro atoms. The van der Waals surface area contributed by atoms with E-state index >= 15 is 0 Å². The molecule has 2 aromatic rings. The SMILES string of the molecule is Fc1cnc(COCc2ncc(F)cc2F)c(F)c1. The van der Waals surface area contributed by atoms with Crippen molar-refractivity contribution >= 4 is 0 Å². The van der Waals surface area contributed by atoms with E-state index in [1.54, 1.807) is 0 Å². The molecule has 0 aliphatic carbocycles. The van der Waals surface area contributed by atoms with Crippen LogP contribution in [0.5, 0.6) is 0 Å². The van der Waals surface area contributed by atoms with Crippen LogP contribution in [-0.4, -0.2) is 9.97 Å². The summed E-state index contributed by atoms with van der Waals surface area (Å²) in [5, 5.41) is 0. The van der Waals surface area contributed by atoms with Crippen molar-refractivity contribution in [1.82, 2.24) is 9.97 Å². The highest BCUT2D eigenvalue weighted by atomic mass is 19.1. The molecule has 0 unspecified atom stereocenters. The van der Waals surface area contributed by atoms with Crippen molar-refractivity contribution in [2.45, 2.75) is 13.2 Å². The molecule has 0 fully saturated rings. The second-order valence-electron chi connectivity index (χ2n) is 3.66. The zero-order valence-corrected chi connectivity index (χ0v) is 9.54. The van der Waals surface area contributed by atoms with Gasteiger partial charge in [0.1, 0.15) is 34.7 Å². The third-order valence-corrected chi connectivity index (χ3v) is 2.25. The van der Waals surface area contributed by atoms with Gasteiger partial charge >= 0.3 is 0 Å². The Morgan fingerprint density at radius 2 is 1.21 bits per heavy atom. The van der Waals surface area contributed by atoms with Crippen LogP contribution in [-0.2, 0) is 18.0 Å². The summed E-state index contributed by atoms with van der Waals surface area (Å²) in [4.78, 5) is 6.99. The van der Waals surface area contributed by atoms with Crippen LogP contribution in [0, 0.1) is 23.3 Å². The van der Waals surface area contributed by atoms with E-state index in [0.29, 0.717) is 12.1 Å². The fourth-order valence-electron chi connectivity index (χ4n) is 1.34. The summed E-state index contributed by atoms with van der Waals surface area (Å²) in [6.07, 6.45) is 1.69. The van der Waals surface area contributed by atoms with Gasteiger partial charge in [0.05, 0.1) is 25.6 Å². The highest BCUT2D eigenvalue weighted by Crippen LogP contribution is 2.10. The number of aromatic nitrogens is 2. The first kappa shape index (κ1) is 13.4. The van der Waals surface area contributed by atoms with Gasteiger partial charge in [0.2, 0.25) is 0 Å². The maximum Gasteiger partial charge on any atom is 0.150 e. The van der Waals surface area contributed by atoms with Crippen molar-refractivity contribution in [3.8, 4) is 0 Å². The van der Waals surface area contributed by atoms with Crippen LogP contribution in [0.25, 0.3) is 0 Å². The predicted molar refractivity (Wildman–Crippen MR) is 56.8 cm³/mol. The van der Waals surface area contributed by atoms with E-state index in [9.17, 15) is 17.6 Å². The number of halogens is 4. The van der Waals surface area contributed by atoms with Gasteiger partial charge in [-0.1, -0.05) is 0 Å². The molecule has 3 nitrogen and oxygen atoms in total. The van der Waals surface area contributed by atoms with E-state index in [-0.39, 0.29) is 24.6 Å². The van der Waals surface area contributed by atoms with Crippen LogP contribution in [0.4, 0.5) is 17.6 Å². The first-order valence-corrected chi connectivity index (χ1v) is 5.24. The third-order valence-electron chi connectivity index (χ3n) is 2.25. The Hall–Kier alpha value is -2.02. The quantitative estimate of drug-likeness (QED) is 0.803. The summed E-state index contributed by atoms with van der Waals surface area (Å²) >= 11 is 0. The Labute approximate surface area is 105 Å². The van der Waals surface area contributed by atoms with E-state index in [1.807, 2.05) is 0 Å². The van der Waals surface area contributed by atoms with E-state index in [4.69, 9.17) is 4.74 Å². The number of pyridine rings is 2. The number of rotatable bonds is 4. The third kappa shape index (κ3) is 3.47. The first-order chi connectivity index (χ1) is 9.06. The smallest absolute Gasteiger partial charge is 0.150 e. The maximum absolute atomic E-state index is 13.2. The van der Waals surface area contributed by atoms with Gasteiger partial charge in [0.15, 0.2) is 0 Å². The average molecular weight is 272 g/mol. The largest absolute Gasteiger partial charge is 0.369 e. The van der Waals surface area contributed by atoms with Crippen molar-refractivity contribution in [1.29, 1.82) is 0 Å². The molecule has 0 aliphatic heterocycles. The lowest BCUT2D eigenvalue weighted by Crippen LogP contribution is -2.03. The van der Waals surface area contributed by atoms with E-state index in [0.717, 1.165) is 12.4 Å². The topological polar surface area (TPSA) is 35.0 Å². The molecule has 0 aromatic carbocycles. The molecule has 2 heterocycles. The minimum Gasteiger partial charge on any atom is -0.369 e. The minimum absolute atomic E-state index is 0.107. The van der Waals surface area contributed by atoms with Crippen molar-refractivity contribution in [2.24, 2.45) is 0 Å². The lowest BCUT2D eigenvalue weighted by atomic mass is 10.3. The number of ether oxygens (including phenoxy) is 1. The van der Waals surface area contributed by atoms with Crippen molar-refractivity contribution in [3.63, 3.8) is 0 Å². The number of hydrogen-bond donors (Lipinski definition) is 0. The van der Waals surface area contributed by atoms with Crippen molar-refractivity contribution in [2.75, 3.05) is 0 Å². The summed E-state index contributed by atoms with van der Waals surface area (Å²) in [5.41, 5.74) is -0.215. The Morgan fingerprint density at radius 1 is 0.789 bits per heavy atom. The van der Waals surface area contributed by atoms with Crippen molar-refractivity contribution in [3.05, 3.63) is 59.2 Å². The Balaban J connectivity index is 1.96.